The fourth-order valence-corrected chi connectivity index (χ4v) is 3.43. The van der Waals surface area contributed by atoms with Gasteiger partial charge in [0.25, 0.3) is 0 Å². The molecule has 2 aromatic carbocycles. The smallest absolute Gasteiger partial charge is 0.344 e. The minimum absolute atomic E-state index is 0.307. The van der Waals surface area contributed by atoms with Gasteiger partial charge in [-0.25, -0.2) is 4.79 Å². The number of anilines is 1. The number of ether oxygens (including phenoxy) is 1. The van der Waals surface area contributed by atoms with Gasteiger partial charge in [0.1, 0.15) is 11.5 Å². The molecule has 1 fully saturated rings. The average molecular weight is 350 g/mol. The summed E-state index contributed by atoms with van der Waals surface area (Å²) in [6.45, 7) is 4.98. The van der Waals surface area contributed by atoms with Crippen molar-refractivity contribution in [1.82, 2.24) is 5.32 Å². The molecular formula is C21H22N2O3. The van der Waals surface area contributed by atoms with Crippen LogP contribution in [-0.2, 0) is 0 Å². The van der Waals surface area contributed by atoms with Crippen LogP contribution in [0, 0.1) is 0 Å². The normalized spacial score (nSPS) is 17.5. The Kier molecular flexibility index (Phi) is 4.39. The molecule has 134 valence electrons. The fraction of sp³-hybridized carbons (Fsp3) is 0.286. The van der Waals surface area contributed by atoms with E-state index < -0.39 is 0 Å². The van der Waals surface area contributed by atoms with E-state index in [1.807, 2.05) is 42.5 Å². The van der Waals surface area contributed by atoms with Crippen LogP contribution in [0.5, 0.6) is 5.75 Å². The standard InChI is InChI=1S/C21H22N2O3/c1-14-13-23(10-9-22-14)17-6-3-16-11-20(26-21(24)19(16)12-17)15-4-7-18(25-2)8-5-15/h3-8,11-12,14,22H,9-10,13H2,1-2H3. The van der Waals surface area contributed by atoms with Gasteiger partial charge in [0, 0.05) is 36.9 Å². The van der Waals surface area contributed by atoms with Crippen molar-refractivity contribution < 1.29 is 9.15 Å². The third-order valence-electron chi connectivity index (χ3n) is 4.85. The quantitative estimate of drug-likeness (QED) is 0.786. The third-order valence-corrected chi connectivity index (χ3v) is 4.85. The van der Waals surface area contributed by atoms with E-state index in [0.29, 0.717) is 17.2 Å². The molecule has 1 N–H and O–H groups in total. The highest BCUT2D eigenvalue weighted by Gasteiger charge is 2.17. The number of fused-ring (bicyclic) bond motifs is 1. The monoisotopic (exact) mass is 350 g/mol. The molecule has 1 aliphatic heterocycles. The summed E-state index contributed by atoms with van der Waals surface area (Å²) in [5, 5.41) is 4.94. The molecule has 0 bridgehead atoms. The van der Waals surface area contributed by atoms with Crippen molar-refractivity contribution in [3.05, 3.63) is 59.0 Å². The van der Waals surface area contributed by atoms with Crippen molar-refractivity contribution in [2.75, 3.05) is 31.6 Å². The molecular weight excluding hydrogens is 328 g/mol. The van der Waals surface area contributed by atoms with E-state index in [2.05, 4.69) is 23.2 Å². The molecule has 4 rings (SSSR count). The summed E-state index contributed by atoms with van der Waals surface area (Å²) in [5.41, 5.74) is 1.61. The summed E-state index contributed by atoms with van der Waals surface area (Å²) in [6.07, 6.45) is 0. The Bertz CT molecular complexity index is 979. The lowest BCUT2D eigenvalue weighted by Crippen LogP contribution is -2.49. The summed E-state index contributed by atoms with van der Waals surface area (Å²) < 4.78 is 10.8. The number of piperazine rings is 1. The van der Waals surface area contributed by atoms with Gasteiger partial charge in [0.05, 0.1) is 12.5 Å². The first-order valence-corrected chi connectivity index (χ1v) is 8.85. The maximum atomic E-state index is 12.6. The van der Waals surface area contributed by atoms with Crippen LogP contribution in [-0.4, -0.2) is 32.8 Å². The van der Waals surface area contributed by atoms with Crippen molar-refractivity contribution in [3.8, 4) is 17.1 Å². The number of nitrogens with zero attached hydrogens (tertiary/aromatic N) is 1. The lowest BCUT2D eigenvalue weighted by atomic mass is 10.1. The first kappa shape index (κ1) is 16.7. The van der Waals surface area contributed by atoms with Gasteiger partial charge in [0.2, 0.25) is 0 Å². The molecule has 1 saturated heterocycles. The SMILES string of the molecule is COc1ccc(-c2cc3ccc(N4CCNC(C)C4)cc3c(=O)o2)cc1. The van der Waals surface area contributed by atoms with Crippen molar-refractivity contribution in [2.24, 2.45) is 0 Å². The van der Waals surface area contributed by atoms with Crippen LogP contribution in [0.1, 0.15) is 6.92 Å². The van der Waals surface area contributed by atoms with Crippen molar-refractivity contribution in [1.29, 1.82) is 0 Å². The van der Waals surface area contributed by atoms with Gasteiger partial charge in [-0.2, -0.15) is 0 Å². The minimum Gasteiger partial charge on any atom is -0.497 e. The Balaban J connectivity index is 1.71. The van der Waals surface area contributed by atoms with E-state index >= 15 is 0 Å². The summed E-state index contributed by atoms with van der Waals surface area (Å²) >= 11 is 0. The molecule has 1 unspecified atom stereocenters. The van der Waals surface area contributed by atoms with Crippen LogP contribution >= 0.6 is 0 Å². The van der Waals surface area contributed by atoms with E-state index in [0.717, 1.165) is 42.0 Å². The number of hydrogen-bond donors (Lipinski definition) is 1. The van der Waals surface area contributed by atoms with E-state index in [1.165, 1.54) is 0 Å². The van der Waals surface area contributed by atoms with Gasteiger partial charge in [-0.05, 0) is 54.8 Å². The van der Waals surface area contributed by atoms with Crippen molar-refractivity contribution in [2.45, 2.75) is 13.0 Å². The van der Waals surface area contributed by atoms with Crippen LogP contribution in [0.2, 0.25) is 0 Å². The predicted octanol–water partition coefficient (Wildman–Crippen LogP) is 3.27. The highest BCUT2D eigenvalue weighted by atomic mass is 16.5. The van der Waals surface area contributed by atoms with Crippen molar-refractivity contribution >= 4 is 16.5 Å². The molecule has 0 aliphatic carbocycles. The fourth-order valence-electron chi connectivity index (χ4n) is 3.43. The maximum absolute atomic E-state index is 12.6. The first-order valence-electron chi connectivity index (χ1n) is 8.85. The number of benzene rings is 2. The van der Waals surface area contributed by atoms with Crippen LogP contribution in [0.3, 0.4) is 0 Å². The second-order valence-corrected chi connectivity index (χ2v) is 6.70. The van der Waals surface area contributed by atoms with Gasteiger partial charge in [0.15, 0.2) is 0 Å². The van der Waals surface area contributed by atoms with E-state index in [-0.39, 0.29) is 5.63 Å². The second-order valence-electron chi connectivity index (χ2n) is 6.70. The molecule has 5 heteroatoms. The zero-order valence-electron chi connectivity index (χ0n) is 15.0. The summed E-state index contributed by atoms with van der Waals surface area (Å²) in [5.74, 6) is 1.33. The molecule has 0 radical (unpaired) electrons. The van der Waals surface area contributed by atoms with Crippen LogP contribution in [0.25, 0.3) is 22.1 Å². The predicted molar refractivity (Wildman–Crippen MR) is 104 cm³/mol. The molecule has 1 aromatic heterocycles. The molecule has 2 heterocycles. The Labute approximate surface area is 152 Å². The minimum atomic E-state index is -0.307. The molecule has 26 heavy (non-hydrogen) atoms. The molecule has 0 spiro atoms. The topological polar surface area (TPSA) is 54.7 Å². The number of hydrogen-bond acceptors (Lipinski definition) is 5. The highest BCUT2D eigenvalue weighted by Crippen LogP contribution is 2.27. The molecule has 5 nitrogen and oxygen atoms in total. The van der Waals surface area contributed by atoms with E-state index in [4.69, 9.17) is 9.15 Å². The Hall–Kier alpha value is -2.79. The van der Waals surface area contributed by atoms with Crippen LogP contribution < -0.4 is 20.6 Å². The van der Waals surface area contributed by atoms with Gasteiger partial charge < -0.3 is 19.4 Å². The lowest BCUT2D eigenvalue weighted by molar-refractivity contribution is 0.415. The first-order chi connectivity index (χ1) is 12.6. The maximum Gasteiger partial charge on any atom is 0.344 e. The van der Waals surface area contributed by atoms with Crippen LogP contribution in [0.4, 0.5) is 5.69 Å². The Morgan fingerprint density at radius 3 is 2.69 bits per heavy atom. The average Bonchev–Trinajstić information content (AvgIpc) is 2.68. The summed E-state index contributed by atoms with van der Waals surface area (Å²) in [6, 6.07) is 15.9. The lowest BCUT2D eigenvalue weighted by Gasteiger charge is -2.33. The van der Waals surface area contributed by atoms with Gasteiger partial charge >= 0.3 is 5.63 Å². The molecule has 1 aliphatic rings. The number of methoxy groups -OCH3 is 1. The van der Waals surface area contributed by atoms with Gasteiger partial charge in [-0.1, -0.05) is 6.07 Å². The zero-order chi connectivity index (χ0) is 18.1. The highest BCUT2D eigenvalue weighted by molar-refractivity contribution is 5.87. The Morgan fingerprint density at radius 2 is 1.96 bits per heavy atom. The second kappa shape index (κ2) is 6.84. The zero-order valence-corrected chi connectivity index (χ0v) is 15.0. The molecule has 1 atom stereocenters. The summed E-state index contributed by atoms with van der Waals surface area (Å²) in [4.78, 5) is 14.9. The van der Waals surface area contributed by atoms with Gasteiger partial charge in [-0.3, -0.25) is 0 Å². The van der Waals surface area contributed by atoms with Crippen molar-refractivity contribution in [3.63, 3.8) is 0 Å². The molecule has 0 amide bonds. The largest absolute Gasteiger partial charge is 0.497 e. The van der Waals surface area contributed by atoms with Crippen LogP contribution in [0.15, 0.2) is 57.7 Å². The number of rotatable bonds is 3. The van der Waals surface area contributed by atoms with Gasteiger partial charge in [-0.15, -0.1) is 0 Å². The van der Waals surface area contributed by atoms with E-state index in [1.54, 1.807) is 7.11 Å². The number of nitrogens with one attached hydrogen (secondary N) is 1. The summed E-state index contributed by atoms with van der Waals surface area (Å²) in [7, 11) is 1.63. The van der Waals surface area contributed by atoms with E-state index in [9.17, 15) is 4.79 Å². The third kappa shape index (κ3) is 3.18. The molecule has 3 aromatic rings. The molecule has 0 saturated carbocycles. The Morgan fingerprint density at radius 1 is 1.15 bits per heavy atom.